The summed E-state index contributed by atoms with van der Waals surface area (Å²) in [7, 11) is 0. The number of rotatable bonds is 5. The monoisotopic (exact) mass is 333 g/mol. The molecule has 0 heterocycles. The van der Waals surface area contributed by atoms with Gasteiger partial charge in [0.25, 0.3) is 5.91 Å². The van der Waals surface area contributed by atoms with Gasteiger partial charge in [0.05, 0.1) is 0 Å². The van der Waals surface area contributed by atoms with Crippen molar-refractivity contribution in [1.82, 2.24) is 0 Å². The number of carboxylic acid groups (broad SMARTS) is 1. The number of halogens is 1. The Morgan fingerprint density at radius 3 is 2.13 bits per heavy atom. The van der Waals surface area contributed by atoms with Crippen LogP contribution >= 0.6 is 11.6 Å². The fourth-order valence-corrected chi connectivity index (χ4v) is 1.88. The molecular weight excluding hydrogens is 318 g/mol. The molecule has 2 N–H and O–H groups in total. The van der Waals surface area contributed by atoms with Gasteiger partial charge in [-0.3, -0.25) is 4.79 Å². The number of nitrogens with one attached hydrogen (secondary N) is 1. The second kappa shape index (κ2) is 6.71. The van der Waals surface area contributed by atoms with Gasteiger partial charge in [0.2, 0.25) is 0 Å². The fourth-order valence-electron chi connectivity index (χ4n) is 1.75. The maximum Gasteiger partial charge on any atom is 0.347 e. The average Bonchev–Trinajstić information content (AvgIpc) is 2.49. The maximum atomic E-state index is 12.1. The Morgan fingerprint density at radius 2 is 1.61 bits per heavy atom. The summed E-state index contributed by atoms with van der Waals surface area (Å²) in [4.78, 5) is 23.2. The minimum atomic E-state index is -1.34. The molecule has 23 heavy (non-hydrogen) atoms. The van der Waals surface area contributed by atoms with Crippen LogP contribution in [0.15, 0.2) is 48.5 Å². The number of anilines is 1. The molecule has 0 saturated heterocycles. The summed E-state index contributed by atoms with van der Waals surface area (Å²) in [5, 5.41) is 12.4. The lowest BCUT2D eigenvalue weighted by molar-refractivity contribution is -0.152. The third-order valence-electron chi connectivity index (χ3n) is 3.11. The zero-order valence-electron chi connectivity index (χ0n) is 12.7. The van der Waals surface area contributed by atoms with Crippen LogP contribution < -0.4 is 10.1 Å². The van der Waals surface area contributed by atoms with Crippen molar-refractivity contribution in [1.29, 1.82) is 0 Å². The lowest BCUT2D eigenvalue weighted by Crippen LogP contribution is -2.37. The molecule has 0 fully saturated rings. The van der Waals surface area contributed by atoms with E-state index in [1.54, 1.807) is 48.5 Å². The number of aliphatic carboxylic acids is 1. The number of carboxylic acids is 1. The van der Waals surface area contributed by atoms with Gasteiger partial charge in [0.15, 0.2) is 5.60 Å². The molecular formula is C17H16ClNO4. The van der Waals surface area contributed by atoms with Crippen LogP contribution in [-0.4, -0.2) is 22.6 Å². The number of benzene rings is 2. The van der Waals surface area contributed by atoms with Gasteiger partial charge in [-0.05, 0) is 62.4 Å². The minimum absolute atomic E-state index is 0.281. The predicted octanol–water partition coefficient (Wildman–Crippen LogP) is 3.83. The van der Waals surface area contributed by atoms with E-state index < -0.39 is 11.6 Å². The molecule has 0 unspecified atom stereocenters. The zero-order valence-corrected chi connectivity index (χ0v) is 13.4. The normalized spacial score (nSPS) is 10.9. The predicted molar refractivity (Wildman–Crippen MR) is 88.2 cm³/mol. The highest BCUT2D eigenvalue weighted by atomic mass is 35.5. The van der Waals surface area contributed by atoms with Gasteiger partial charge in [0, 0.05) is 16.3 Å². The maximum absolute atomic E-state index is 12.1. The largest absolute Gasteiger partial charge is 0.478 e. The molecule has 0 aromatic heterocycles. The van der Waals surface area contributed by atoms with E-state index in [4.69, 9.17) is 21.4 Å². The van der Waals surface area contributed by atoms with Crippen LogP contribution in [0, 0.1) is 0 Å². The van der Waals surface area contributed by atoms with E-state index in [1.165, 1.54) is 13.8 Å². The molecule has 0 aliphatic carbocycles. The van der Waals surface area contributed by atoms with Gasteiger partial charge in [-0.1, -0.05) is 11.6 Å². The fraction of sp³-hybridized carbons (Fsp3) is 0.176. The molecule has 120 valence electrons. The number of ether oxygens (including phenoxy) is 1. The highest BCUT2D eigenvalue weighted by Crippen LogP contribution is 2.20. The van der Waals surface area contributed by atoms with E-state index in [2.05, 4.69) is 5.32 Å². The summed E-state index contributed by atoms with van der Waals surface area (Å²) in [5.41, 5.74) is -0.278. The van der Waals surface area contributed by atoms with Crippen molar-refractivity contribution < 1.29 is 19.4 Å². The second-order valence-electron chi connectivity index (χ2n) is 5.40. The van der Waals surface area contributed by atoms with Crippen LogP contribution in [0.25, 0.3) is 0 Å². The van der Waals surface area contributed by atoms with Crippen LogP contribution in [0.2, 0.25) is 5.02 Å². The van der Waals surface area contributed by atoms with E-state index in [9.17, 15) is 9.59 Å². The number of carbonyl (C=O) groups is 2. The Kier molecular flexibility index (Phi) is 4.91. The number of carbonyl (C=O) groups excluding carboxylic acids is 1. The molecule has 0 spiro atoms. The molecule has 0 atom stereocenters. The van der Waals surface area contributed by atoms with E-state index in [0.717, 1.165) is 0 Å². The Labute approximate surface area is 138 Å². The summed E-state index contributed by atoms with van der Waals surface area (Å²) in [5.74, 6) is -0.973. The molecule has 0 saturated carbocycles. The Bertz CT molecular complexity index is 708. The van der Waals surface area contributed by atoms with Gasteiger partial charge in [-0.15, -0.1) is 0 Å². The van der Waals surface area contributed by atoms with E-state index in [0.29, 0.717) is 22.0 Å². The standard InChI is InChI=1S/C17H16ClNO4/c1-17(2,16(21)22)23-14-9-3-11(4-10-14)15(20)19-13-7-5-12(18)6-8-13/h3-10H,1-2H3,(H,19,20)(H,21,22). The lowest BCUT2D eigenvalue weighted by Gasteiger charge is -2.21. The highest BCUT2D eigenvalue weighted by molar-refractivity contribution is 6.30. The van der Waals surface area contributed by atoms with Crippen LogP contribution in [0.3, 0.4) is 0 Å². The van der Waals surface area contributed by atoms with Gasteiger partial charge in [-0.2, -0.15) is 0 Å². The van der Waals surface area contributed by atoms with Crippen LogP contribution in [0.5, 0.6) is 5.75 Å². The van der Waals surface area contributed by atoms with Gasteiger partial charge in [-0.25, -0.2) is 4.79 Å². The first kappa shape index (κ1) is 16.8. The lowest BCUT2D eigenvalue weighted by atomic mass is 10.1. The third kappa shape index (κ3) is 4.47. The Hall–Kier alpha value is -2.53. The molecule has 0 aliphatic heterocycles. The number of hydrogen-bond donors (Lipinski definition) is 2. The molecule has 5 nitrogen and oxygen atoms in total. The van der Waals surface area contributed by atoms with Crippen molar-refractivity contribution in [2.75, 3.05) is 5.32 Å². The van der Waals surface area contributed by atoms with Crippen molar-refractivity contribution in [3.8, 4) is 5.75 Å². The first-order chi connectivity index (χ1) is 10.8. The van der Waals surface area contributed by atoms with Crippen LogP contribution in [-0.2, 0) is 4.79 Å². The van der Waals surface area contributed by atoms with Crippen molar-refractivity contribution in [3.63, 3.8) is 0 Å². The average molecular weight is 334 g/mol. The summed E-state index contributed by atoms with van der Waals surface area (Å²) < 4.78 is 5.38. The van der Waals surface area contributed by atoms with Crippen LogP contribution in [0.1, 0.15) is 24.2 Å². The quantitative estimate of drug-likeness (QED) is 0.871. The van der Waals surface area contributed by atoms with E-state index >= 15 is 0 Å². The molecule has 2 aromatic rings. The van der Waals surface area contributed by atoms with Crippen molar-refractivity contribution in [2.24, 2.45) is 0 Å². The Morgan fingerprint density at radius 1 is 1.04 bits per heavy atom. The van der Waals surface area contributed by atoms with Crippen molar-refractivity contribution >= 4 is 29.2 Å². The molecule has 0 bridgehead atoms. The number of hydrogen-bond acceptors (Lipinski definition) is 3. The van der Waals surface area contributed by atoms with E-state index in [1.807, 2.05) is 0 Å². The molecule has 2 aromatic carbocycles. The first-order valence-electron chi connectivity index (χ1n) is 6.87. The summed E-state index contributed by atoms with van der Waals surface area (Å²) >= 11 is 5.79. The van der Waals surface area contributed by atoms with Gasteiger partial charge in [0.1, 0.15) is 5.75 Å². The van der Waals surface area contributed by atoms with Crippen molar-refractivity contribution in [2.45, 2.75) is 19.4 Å². The van der Waals surface area contributed by atoms with Gasteiger partial charge >= 0.3 is 5.97 Å². The molecule has 6 heteroatoms. The minimum Gasteiger partial charge on any atom is -0.478 e. The molecule has 0 radical (unpaired) electrons. The van der Waals surface area contributed by atoms with Crippen molar-refractivity contribution in [3.05, 3.63) is 59.1 Å². The van der Waals surface area contributed by atoms with Gasteiger partial charge < -0.3 is 15.2 Å². The smallest absolute Gasteiger partial charge is 0.347 e. The molecule has 2 rings (SSSR count). The SMILES string of the molecule is CC(C)(Oc1ccc(C(=O)Nc2ccc(Cl)cc2)cc1)C(=O)O. The van der Waals surface area contributed by atoms with E-state index in [-0.39, 0.29) is 5.91 Å². The summed E-state index contributed by atoms with van der Waals surface area (Å²) in [6.07, 6.45) is 0. The second-order valence-corrected chi connectivity index (χ2v) is 5.84. The molecule has 0 aliphatic rings. The topological polar surface area (TPSA) is 75.6 Å². The highest BCUT2D eigenvalue weighted by Gasteiger charge is 2.29. The van der Waals surface area contributed by atoms with Crippen LogP contribution in [0.4, 0.5) is 5.69 Å². The molecule has 1 amide bonds. The summed E-state index contributed by atoms with van der Waals surface area (Å²) in [6, 6.07) is 13.0. The first-order valence-corrected chi connectivity index (χ1v) is 7.25. The Balaban J connectivity index is 2.05. The summed E-state index contributed by atoms with van der Waals surface area (Å²) in [6.45, 7) is 2.91. The number of amides is 1. The third-order valence-corrected chi connectivity index (χ3v) is 3.36. The zero-order chi connectivity index (χ0) is 17.0.